The molecular formula is C25H16BrClN4O3S. The largest absolute Gasteiger partial charge is 0.495 e. The van der Waals surface area contributed by atoms with Crippen molar-refractivity contribution in [3.05, 3.63) is 81.9 Å². The topological polar surface area (TPSA) is 89.3 Å². The number of oxazole rings is 1. The first-order valence-corrected chi connectivity index (χ1v) is 11.9. The lowest BCUT2D eigenvalue weighted by atomic mass is 10.1. The van der Waals surface area contributed by atoms with Crippen LogP contribution in [0.3, 0.4) is 0 Å². The zero-order valence-corrected chi connectivity index (χ0v) is 21.3. The molecule has 0 aliphatic carbocycles. The van der Waals surface area contributed by atoms with Gasteiger partial charge >= 0.3 is 0 Å². The molecule has 0 bridgehead atoms. The van der Waals surface area contributed by atoms with Crippen LogP contribution in [-0.4, -0.2) is 28.1 Å². The summed E-state index contributed by atoms with van der Waals surface area (Å²) in [5.74, 6) is 0.334. The number of fused-ring (bicyclic) bond motifs is 2. The van der Waals surface area contributed by atoms with Gasteiger partial charge in [0.2, 0.25) is 5.89 Å². The molecule has 2 heterocycles. The minimum atomic E-state index is -0.412. The summed E-state index contributed by atoms with van der Waals surface area (Å²) in [5, 5.41) is 8.09. The van der Waals surface area contributed by atoms with Gasteiger partial charge in [-0.1, -0.05) is 35.9 Å². The highest BCUT2D eigenvalue weighted by Gasteiger charge is 2.19. The van der Waals surface area contributed by atoms with E-state index in [2.05, 4.69) is 36.5 Å². The molecule has 0 unspecified atom stereocenters. The number of carbonyl (C=O) groups excluding carboxylic acids is 1. The van der Waals surface area contributed by atoms with E-state index < -0.39 is 5.91 Å². The number of carbonyl (C=O) groups is 1. The van der Waals surface area contributed by atoms with Gasteiger partial charge in [-0.3, -0.25) is 10.1 Å². The van der Waals surface area contributed by atoms with Crippen molar-refractivity contribution in [1.82, 2.24) is 15.3 Å². The second-order valence-corrected chi connectivity index (χ2v) is 9.05. The van der Waals surface area contributed by atoms with Gasteiger partial charge in [0, 0.05) is 11.9 Å². The van der Waals surface area contributed by atoms with Crippen LogP contribution in [0.15, 0.2) is 75.8 Å². The molecule has 0 atom stereocenters. The second-order valence-electron chi connectivity index (χ2n) is 7.44. The monoisotopic (exact) mass is 566 g/mol. The molecule has 35 heavy (non-hydrogen) atoms. The maximum absolute atomic E-state index is 13.1. The number of methoxy groups -OCH3 is 1. The van der Waals surface area contributed by atoms with Crippen LogP contribution in [0.4, 0.5) is 5.69 Å². The fourth-order valence-electron chi connectivity index (χ4n) is 3.64. The molecule has 1 amide bonds. The summed E-state index contributed by atoms with van der Waals surface area (Å²) in [4.78, 5) is 21.6. The number of nitrogens with one attached hydrogen (secondary N) is 2. The summed E-state index contributed by atoms with van der Waals surface area (Å²) >= 11 is 15.3. The first-order valence-electron chi connectivity index (χ1n) is 10.3. The van der Waals surface area contributed by atoms with E-state index in [9.17, 15) is 4.79 Å². The number of rotatable bonds is 4. The van der Waals surface area contributed by atoms with Crippen LogP contribution < -0.4 is 15.4 Å². The summed E-state index contributed by atoms with van der Waals surface area (Å²) < 4.78 is 12.0. The zero-order chi connectivity index (χ0) is 24.5. The van der Waals surface area contributed by atoms with Crippen LogP contribution in [0, 0.1) is 0 Å². The molecule has 2 N–H and O–H groups in total. The highest BCUT2D eigenvalue weighted by atomic mass is 79.9. The predicted octanol–water partition coefficient (Wildman–Crippen LogP) is 6.59. The average Bonchev–Trinajstić information content (AvgIpc) is 3.29. The van der Waals surface area contributed by atoms with Crippen molar-refractivity contribution in [2.75, 3.05) is 12.4 Å². The highest BCUT2D eigenvalue weighted by Crippen LogP contribution is 2.36. The van der Waals surface area contributed by atoms with E-state index >= 15 is 0 Å². The number of hydrogen-bond donors (Lipinski definition) is 2. The molecular weight excluding hydrogens is 552 g/mol. The van der Waals surface area contributed by atoms with Crippen LogP contribution in [0.5, 0.6) is 5.75 Å². The van der Waals surface area contributed by atoms with Crippen molar-refractivity contribution < 1.29 is 13.9 Å². The molecule has 0 radical (unpaired) electrons. The molecule has 7 nitrogen and oxygen atoms in total. The van der Waals surface area contributed by atoms with Crippen LogP contribution in [-0.2, 0) is 0 Å². The molecule has 0 aliphatic rings. The molecule has 0 fully saturated rings. The molecule has 0 aliphatic heterocycles. The van der Waals surface area contributed by atoms with Crippen molar-refractivity contribution in [1.29, 1.82) is 0 Å². The van der Waals surface area contributed by atoms with Gasteiger partial charge in [0.1, 0.15) is 5.75 Å². The third kappa shape index (κ3) is 4.58. The Morgan fingerprint density at radius 1 is 1.14 bits per heavy atom. The van der Waals surface area contributed by atoms with Gasteiger partial charge in [-0.15, -0.1) is 0 Å². The van der Waals surface area contributed by atoms with E-state index in [0.29, 0.717) is 49.2 Å². The van der Waals surface area contributed by atoms with E-state index in [1.807, 2.05) is 24.3 Å². The van der Waals surface area contributed by atoms with E-state index in [4.69, 9.17) is 33.0 Å². The Morgan fingerprint density at radius 3 is 2.77 bits per heavy atom. The average molecular weight is 568 g/mol. The number of hydrogen-bond acceptors (Lipinski definition) is 6. The number of anilines is 1. The third-order valence-electron chi connectivity index (χ3n) is 5.24. The summed E-state index contributed by atoms with van der Waals surface area (Å²) in [6.45, 7) is 0. The normalized spacial score (nSPS) is 10.9. The van der Waals surface area contributed by atoms with Crippen molar-refractivity contribution in [3.63, 3.8) is 0 Å². The Hall–Kier alpha value is -3.53. The zero-order valence-electron chi connectivity index (χ0n) is 18.1. The smallest absolute Gasteiger partial charge is 0.261 e. The Morgan fingerprint density at radius 2 is 1.97 bits per heavy atom. The van der Waals surface area contributed by atoms with Crippen molar-refractivity contribution in [2.24, 2.45) is 0 Å². The van der Waals surface area contributed by atoms with E-state index in [1.165, 1.54) is 7.11 Å². The van der Waals surface area contributed by atoms with Crippen LogP contribution in [0.1, 0.15) is 10.4 Å². The van der Waals surface area contributed by atoms with Crippen LogP contribution in [0.25, 0.3) is 33.5 Å². The van der Waals surface area contributed by atoms with E-state index in [0.717, 1.165) is 10.8 Å². The molecule has 0 saturated heterocycles. The lowest BCUT2D eigenvalue weighted by molar-refractivity contribution is 0.0975. The molecule has 10 heteroatoms. The van der Waals surface area contributed by atoms with Gasteiger partial charge < -0.3 is 14.5 Å². The Bertz CT molecular complexity index is 1590. The number of ether oxygens (including phenoxy) is 1. The van der Waals surface area contributed by atoms with Gasteiger partial charge in [-0.2, -0.15) is 4.98 Å². The van der Waals surface area contributed by atoms with Gasteiger partial charge in [0.25, 0.3) is 5.91 Å². The van der Waals surface area contributed by atoms with Crippen molar-refractivity contribution in [2.45, 2.75) is 0 Å². The lowest BCUT2D eigenvalue weighted by Gasteiger charge is -2.15. The summed E-state index contributed by atoms with van der Waals surface area (Å²) in [6, 6.07) is 18.2. The molecule has 5 aromatic rings. The Labute approximate surface area is 218 Å². The van der Waals surface area contributed by atoms with Crippen molar-refractivity contribution >= 4 is 78.5 Å². The molecule has 2 aromatic heterocycles. The second kappa shape index (κ2) is 9.61. The number of amides is 1. The quantitative estimate of drug-likeness (QED) is 0.237. The Kier molecular flexibility index (Phi) is 6.38. The van der Waals surface area contributed by atoms with E-state index in [1.54, 1.807) is 42.6 Å². The number of thiocarbonyl (C=S) groups is 1. The van der Waals surface area contributed by atoms with Crippen molar-refractivity contribution in [3.8, 4) is 17.2 Å². The number of pyridine rings is 1. The number of aromatic nitrogens is 2. The summed E-state index contributed by atoms with van der Waals surface area (Å²) in [7, 11) is 1.51. The molecule has 5 rings (SSSR count). The first kappa shape index (κ1) is 23.2. The number of nitrogens with zero attached hydrogens (tertiary/aromatic N) is 2. The fourth-order valence-corrected chi connectivity index (χ4v) is 4.78. The third-order valence-corrected chi connectivity index (χ3v) is 6.56. The highest BCUT2D eigenvalue weighted by molar-refractivity contribution is 9.10. The number of benzene rings is 3. The number of halogens is 2. The molecule has 174 valence electrons. The maximum Gasteiger partial charge on any atom is 0.261 e. The van der Waals surface area contributed by atoms with Crippen LogP contribution >= 0.6 is 39.7 Å². The minimum absolute atomic E-state index is 0.105. The standard InChI is InChI=1S/C25H16BrClN4O3S/c1-33-21-17(11-13-5-2-3-6-15(13)20(21)26)23(32)31-25(35)29-14-8-9-18(27)16(12-14)24-30-22-19(34-24)7-4-10-28-22/h2-12H,1H3,(H2,29,31,32,35). The van der Waals surface area contributed by atoms with Gasteiger partial charge in [0.15, 0.2) is 16.3 Å². The Balaban J connectivity index is 1.38. The molecule has 0 spiro atoms. The first-order chi connectivity index (χ1) is 16.9. The van der Waals surface area contributed by atoms with E-state index in [-0.39, 0.29) is 5.11 Å². The van der Waals surface area contributed by atoms with Gasteiger partial charge in [0.05, 0.1) is 27.7 Å². The predicted molar refractivity (Wildman–Crippen MR) is 144 cm³/mol. The summed E-state index contributed by atoms with van der Waals surface area (Å²) in [5.41, 5.74) is 2.53. The molecule has 0 saturated carbocycles. The molecule has 3 aromatic carbocycles. The summed E-state index contributed by atoms with van der Waals surface area (Å²) in [6.07, 6.45) is 1.64. The van der Waals surface area contributed by atoms with Gasteiger partial charge in [-0.05, 0) is 75.3 Å². The maximum atomic E-state index is 13.1. The lowest BCUT2D eigenvalue weighted by Crippen LogP contribution is -2.34. The van der Waals surface area contributed by atoms with Crippen LogP contribution in [0.2, 0.25) is 5.02 Å². The SMILES string of the molecule is COc1c(C(=O)NC(=S)Nc2ccc(Cl)c(-c3nc4ncccc4o3)c2)cc2ccccc2c1Br. The minimum Gasteiger partial charge on any atom is -0.495 e. The van der Waals surface area contributed by atoms with Gasteiger partial charge in [-0.25, -0.2) is 4.98 Å². The fraction of sp³-hybridized carbons (Fsp3) is 0.0400.